The maximum absolute atomic E-state index is 11.4. The van der Waals surface area contributed by atoms with Crippen molar-refractivity contribution < 1.29 is 8.42 Å². The van der Waals surface area contributed by atoms with Crippen molar-refractivity contribution in [1.29, 1.82) is 0 Å². The van der Waals surface area contributed by atoms with Crippen molar-refractivity contribution in [3.8, 4) is 0 Å². The van der Waals surface area contributed by atoms with Crippen LogP contribution in [0.1, 0.15) is 19.3 Å². The Balaban J connectivity index is 1.68. The van der Waals surface area contributed by atoms with Gasteiger partial charge < -0.3 is 10.2 Å². The minimum atomic E-state index is -2.77. The summed E-state index contributed by atoms with van der Waals surface area (Å²) in [5.74, 6) is 1.54. The summed E-state index contributed by atoms with van der Waals surface area (Å²) in [5, 5.41) is 3.29. The van der Waals surface area contributed by atoms with E-state index in [0.717, 1.165) is 18.9 Å². The average molecular weight is 246 g/mol. The molecule has 1 N–H and O–H groups in total. The molecule has 0 aromatic heterocycles. The Kier molecular flexibility index (Phi) is 3.87. The van der Waals surface area contributed by atoms with E-state index in [-0.39, 0.29) is 6.04 Å². The minimum Gasteiger partial charge on any atom is -0.312 e. The molecule has 0 radical (unpaired) electrons. The highest BCUT2D eigenvalue weighted by molar-refractivity contribution is 7.91. The number of sulfone groups is 1. The molecule has 94 valence electrons. The molecule has 1 heterocycles. The molecule has 1 unspecified atom stereocenters. The molecule has 1 saturated heterocycles. The Morgan fingerprint density at radius 2 is 2.12 bits per heavy atom. The standard InChI is InChI=1S/C11H22N2O2S/c1-13(8-10-2-3-10)6-4-11-9-16(14,15)7-5-12-11/h10-12H,2-9H2,1H3. The zero-order valence-corrected chi connectivity index (χ0v) is 10.8. The predicted molar refractivity (Wildman–Crippen MR) is 65.3 cm³/mol. The second-order valence-corrected chi connectivity index (χ2v) is 7.49. The van der Waals surface area contributed by atoms with Crippen molar-refractivity contribution in [2.45, 2.75) is 25.3 Å². The van der Waals surface area contributed by atoms with Crippen molar-refractivity contribution in [3.05, 3.63) is 0 Å². The van der Waals surface area contributed by atoms with Gasteiger partial charge in [-0.25, -0.2) is 8.42 Å². The second-order valence-electron chi connectivity index (χ2n) is 5.26. The van der Waals surface area contributed by atoms with Crippen molar-refractivity contribution in [3.63, 3.8) is 0 Å². The SMILES string of the molecule is CN(CCC1CS(=O)(=O)CCN1)CC1CC1. The van der Waals surface area contributed by atoms with Gasteiger partial charge in [-0.2, -0.15) is 0 Å². The number of nitrogens with one attached hydrogen (secondary N) is 1. The molecule has 1 aliphatic heterocycles. The molecule has 4 nitrogen and oxygen atoms in total. The van der Waals surface area contributed by atoms with E-state index in [1.807, 2.05) is 0 Å². The van der Waals surface area contributed by atoms with Crippen LogP contribution in [0.15, 0.2) is 0 Å². The van der Waals surface area contributed by atoms with E-state index in [9.17, 15) is 8.42 Å². The summed E-state index contributed by atoms with van der Waals surface area (Å²) in [7, 11) is -0.637. The summed E-state index contributed by atoms with van der Waals surface area (Å²) >= 11 is 0. The minimum absolute atomic E-state index is 0.167. The molecule has 5 heteroatoms. The third-order valence-corrected chi connectivity index (χ3v) is 5.16. The van der Waals surface area contributed by atoms with Crippen LogP contribution >= 0.6 is 0 Å². The summed E-state index contributed by atoms with van der Waals surface area (Å²) in [5.41, 5.74) is 0. The van der Waals surface area contributed by atoms with Crippen LogP contribution in [0.5, 0.6) is 0 Å². The van der Waals surface area contributed by atoms with Crippen molar-refractivity contribution in [2.24, 2.45) is 5.92 Å². The summed E-state index contributed by atoms with van der Waals surface area (Å²) in [6.07, 6.45) is 3.70. The van der Waals surface area contributed by atoms with E-state index in [4.69, 9.17) is 0 Å². The lowest BCUT2D eigenvalue weighted by molar-refractivity contribution is 0.299. The fourth-order valence-corrected chi connectivity index (χ4v) is 3.75. The fourth-order valence-electron chi connectivity index (χ4n) is 2.26. The van der Waals surface area contributed by atoms with Crippen molar-refractivity contribution in [1.82, 2.24) is 10.2 Å². The first kappa shape index (κ1) is 12.3. The third kappa shape index (κ3) is 4.03. The lowest BCUT2D eigenvalue weighted by atomic mass is 10.2. The summed E-state index contributed by atoms with van der Waals surface area (Å²) in [6, 6.07) is 0.167. The third-order valence-electron chi connectivity index (χ3n) is 3.43. The molecule has 0 aromatic rings. The maximum Gasteiger partial charge on any atom is 0.153 e. The first-order valence-electron chi connectivity index (χ1n) is 6.17. The zero-order valence-electron chi connectivity index (χ0n) is 9.98. The Hall–Kier alpha value is -0.130. The average Bonchev–Trinajstić information content (AvgIpc) is 2.97. The monoisotopic (exact) mass is 246 g/mol. The first-order valence-corrected chi connectivity index (χ1v) is 8.00. The molecule has 1 atom stereocenters. The number of nitrogens with zero attached hydrogens (tertiary/aromatic N) is 1. The number of rotatable bonds is 5. The van der Waals surface area contributed by atoms with Crippen LogP contribution in [-0.2, 0) is 9.84 Å². The summed E-state index contributed by atoms with van der Waals surface area (Å²) < 4.78 is 22.9. The molecular weight excluding hydrogens is 224 g/mol. The molecule has 2 aliphatic rings. The molecule has 1 aliphatic carbocycles. The summed E-state index contributed by atoms with van der Waals surface area (Å²) in [4.78, 5) is 2.33. The molecule has 16 heavy (non-hydrogen) atoms. The van der Waals surface area contributed by atoms with E-state index in [1.54, 1.807) is 0 Å². The zero-order chi connectivity index (χ0) is 11.6. The molecule has 1 saturated carbocycles. The van der Waals surface area contributed by atoms with Gasteiger partial charge >= 0.3 is 0 Å². The first-order chi connectivity index (χ1) is 7.55. The van der Waals surface area contributed by atoms with Gasteiger partial charge in [-0.15, -0.1) is 0 Å². The van der Waals surface area contributed by atoms with Gasteiger partial charge in [0, 0.05) is 19.1 Å². The molecule has 0 amide bonds. The van der Waals surface area contributed by atoms with Crippen molar-refractivity contribution >= 4 is 9.84 Å². The van der Waals surface area contributed by atoms with Crippen LogP contribution in [0.25, 0.3) is 0 Å². The molecule has 2 fully saturated rings. The topological polar surface area (TPSA) is 49.4 Å². The van der Waals surface area contributed by atoms with Gasteiger partial charge in [-0.1, -0.05) is 0 Å². The van der Waals surface area contributed by atoms with Gasteiger partial charge in [-0.3, -0.25) is 0 Å². The van der Waals surface area contributed by atoms with E-state index < -0.39 is 9.84 Å². The van der Waals surface area contributed by atoms with Gasteiger partial charge in [0.25, 0.3) is 0 Å². The highest BCUT2D eigenvalue weighted by Gasteiger charge is 2.25. The Morgan fingerprint density at radius 1 is 1.38 bits per heavy atom. The van der Waals surface area contributed by atoms with Crippen LogP contribution in [0.2, 0.25) is 0 Å². The van der Waals surface area contributed by atoms with Gasteiger partial charge in [-0.05, 0) is 38.8 Å². The molecule has 0 bridgehead atoms. The van der Waals surface area contributed by atoms with E-state index in [1.165, 1.54) is 19.4 Å². The van der Waals surface area contributed by atoms with E-state index in [2.05, 4.69) is 17.3 Å². The Morgan fingerprint density at radius 3 is 2.75 bits per heavy atom. The highest BCUT2D eigenvalue weighted by atomic mass is 32.2. The number of hydrogen-bond acceptors (Lipinski definition) is 4. The van der Waals surface area contributed by atoms with Crippen LogP contribution in [0.3, 0.4) is 0 Å². The van der Waals surface area contributed by atoms with Gasteiger partial charge in [0.2, 0.25) is 0 Å². The highest BCUT2D eigenvalue weighted by Crippen LogP contribution is 2.29. The van der Waals surface area contributed by atoms with Crippen molar-refractivity contribution in [2.75, 3.05) is 38.2 Å². The maximum atomic E-state index is 11.4. The largest absolute Gasteiger partial charge is 0.312 e. The smallest absolute Gasteiger partial charge is 0.153 e. The quantitative estimate of drug-likeness (QED) is 0.748. The molecular formula is C11H22N2O2S. The number of hydrogen-bond donors (Lipinski definition) is 1. The Labute approximate surface area is 98.3 Å². The normalized spacial score (nSPS) is 29.5. The molecule has 2 rings (SSSR count). The molecule has 0 aromatic carbocycles. The Bertz CT molecular complexity index is 325. The predicted octanol–water partition coefficient (Wildman–Crippen LogP) is 0.105. The van der Waals surface area contributed by atoms with Gasteiger partial charge in [0.1, 0.15) is 0 Å². The fraction of sp³-hybridized carbons (Fsp3) is 1.00. The van der Waals surface area contributed by atoms with Crippen LogP contribution < -0.4 is 5.32 Å². The molecule has 0 spiro atoms. The van der Waals surface area contributed by atoms with Crippen LogP contribution in [0.4, 0.5) is 0 Å². The van der Waals surface area contributed by atoms with Gasteiger partial charge in [0.05, 0.1) is 11.5 Å². The van der Waals surface area contributed by atoms with E-state index >= 15 is 0 Å². The second kappa shape index (κ2) is 5.02. The lowest BCUT2D eigenvalue weighted by Crippen LogP contribution is -2.46. The van der Waals surface area contributed by atoms with Crippen LogP contribution in [0, 0.1) is 5.92 Å². The van der Waals surface area contributed by atoms with E-state index in [0.29, 0.717) is 18.1 Å². The lowest BCUT2D eigenvalue weighted by Gasteiger charge is -2.25. The van der Waals surface area contributed by atoms with Gasteiger partial charge in [0.15, 0.2) is 9.84 Å². The summed E-state index contributed by atoms with van der Waals surface area (Å²) in [6.45, 7) is 2.81. The van der Waals surface area contributed by atoms with Crippen LogP contribution in [-0.4, -0.2) is 57.5 Å².